The van der Waals surface area contributed by atoms with E-state index in [0.717, 1.165) is 4.47 Å². The van der Waals surface area contributed by atoms with E-state index in [1.807, 2.05) is 0 Å². The molecule has 0 radical (unpaired) electrons. The molecule has 3 aromatic rings. The average molecular weight is 479 g/mol. The minimum absolute atomic E-state index is 0.0855. The molecule has 3 aromatic carbocycles. The second-order valence-corrected chi connectivity index (χ2v) is 7.78. The van der Waals surface area contributed by atoms with Crippen LogP contribution in [0.2, 0.25) is 0 Å². The predicted octanol–water partition coefficient (Wildman–Crippen LogP) is 4.98. The summed E-state index contributed by atoms with van der Waals surface area (Å²) >= 11 is 3.37. The standard InChI is InChI=1S/C23H15BrN2O5/c24-16-9-5-10-17(13-16)25-20(14-6-2-1-3-7-14)19(22(28)23(25)29)21(27)15-8-4-11-18(12-15)26(30)31/h1-13,20,27H/b21-19-. The highest BCUT2D eigenvalue weighted by atomic mass is 79.9. The van der Waals surface area contributed by atoms with Crippen LogP contribution in [0.15, 0.2) is 88.9 Å². The molecule has 1 atom stereocenters. The third-order valence-corrected chi connectivity index (χ3v) is 5.47. The number of non-ortho nitro benzene ring substituents is 1. The molecule has 1 aliphatic rings. The molecule has 0 aliphatic carbocycles. The van der Waals surface area contributed by atoms with Gasteiger partial charge >= 0.3 is 0 Å². The van der Waals surface area contributed by atoms with Gasteiger partial charge in [0.1, 0.15) is 5.76 Å². The highest BCUT2D eigenvalue weighted by Crippen LogP contribution is 2.42. The van der Waals surface area contributed by atoms with Crippen LogP contribution in [0.3, 0.4) is 0 Å². The molecule has 1 amide bonds. The first-order valence-corrected chi connectivity index (χ1v) is 10.0. The van der Waals surface area contributed by atoms with Gasteiger partial charge in [0, 0.05) is 27.9 Å². The Bertz CT molecular complexity index is 1240. The summed E-state index contributed by atoms with van der Waals surface area (Å²) in [4.78, 5) is 37.9. The van der Waals surface area contributed by atoms with E-state index >= 15 is 0 Å². The van der Waals surface area contributed by atoms with Crippen LogP contribution in [-0.2, 0) is 9.59 Å². The topological polar surface area (TPSA) is 101 Å². The number of carbonyl (C=O) groups is 2. The van der Waals surface area contributed by atoms with E-state index in [9.17, 15) is 24.8 Å². The Morgan fingerprint density at radius 3 is 2.35 bits per heavy atom. The predicted molar refractivity (Wildman–Crippen MR) is 118 cm³/mol. The summed E-state index contributed by atoms with van der Waals surface area (Å²) in [5.41, 5.74) is 0.817. The summed E-state index contributed by atoms with van der Waals surface area (Å²) in [6.07, 6.45) is 0. The monoisotopic (exact) mass is 478 g/mol. The van der Waals surface area contributed by atoms with Crippen molar-refractivity contribution in [3.8, 4) is 0 Å². The van der Waals surface area contributed by atoms with Crippen LogP contribution in [-0.4, -0.2) is 21.7 Å². The number of nitrogens with zero attached hydrogens (tertiary/aromatic N) is 2. The number of ketones is 1. The molecule has 0 saturated carbocycles. The molecular formula is C23H15BrN2O5. The number of aliphatic hydroxyl groups excluding tert-OH is 1. The number of nitro groups is 1. The largest absolute Gasteiger partial charge is 0.507 e. The Labute approximate surface area is 185 Å². The van der Waals surface area contributed by atoms with Crippen LogP contribution in [0.1, 0.15) is 17.2 Å². The normalized spacial score (nSPS) is 17.7. The van der Waals surface area contributed by atoms with Gasteiger partial charge in [0.15, 0.2) is 0 Å². The summed E-state index contributed by atoms with van der Waals surface area (Å²) in [7, 11) is 0. The van der Waals surface area contributed by atoms with Crippen molar-refractivity contribution >= 4 is 44.8 Å². The number of halogens is 1. The van der Waals surface area contributed by atoms with E-state index in [1.54, 1.807) is 54.6 Å². The molecule has 1 aliphatic heterocycles. The van der Waals surface area contributed by atoms with Crippen LogP contribution in [0.4, 0.5) is 11.4 Å². The number of carbonyl (C=O) groups excluding carboxylic acids is 2. The van der Waals surface area contributed by atoms with Gasteiger partial charge in [0.25, 0.3) is 17.4 Å². The average Bonchev–Trinajstić information content (AvgIpc) is 3.04. The van der Waals surface area contributed by atoms with Crippen LogP contribution in [0.25, 0.3) is 5.76 Å². The first-order chi connectivity index (χ1) is 14.9. The molecule has 8 heteroatoms. The van der Waals surface area contributed by atoms with Crippen molar-refractivity contribution in [2.75, 3.05) is 4.90 Å². The molecular weight excluding hydrogens is 464 g/mol. The van der Waals surface area contributed by atoms with Gasteiger partial charge in [0.2, 0.25) is 0 Å². The Morgan fingerprint density at radius 1 is 0.968 bits per heavy atom. The SMILES string of the molecule is O=C1C(=O)N(c2cccc(Br)c2)C(c2ccccc2)/C1=C(/O)c1cccc([N+](=O)[O-])c1. The Balaban J connectivity index is 1.95. The summed E-state index contributed by atoms with van der Waals surface area (Å²) in [6.45, 7) is 0. The molecule has 0 aromatic heterocycles. The molecule has 1 fully saturated rings. The molecule has 0 bridgehead atoms. The minimum Gasteiger partial charge on any atom is -0.507 e. The number of hydrogen-bond acceptors (Lipinski definition) is 5. The zero-order valence-corrected chi connectivity index (χ0v) is 17.5. The van der Waals surface area contributed by atoms with Gasteiger partial charge in [-0.25, -0.2) is 0 Å². The molecule has 4 rings (SSSR count). The van der Waals surface area contributed by atoms with E-state index in [-0.39, 0.29) is 16.8 Å². The van der Waals surface area contributed by atoms with Gasteiger partial charge in [-0.3, -0.25) is 24.6 Å². The second-order valence-electron chi connectivity index (χ2n) is 6.87. The molecule has 154 valence electrons. The Hall–Kier alpha value is -3.78. The van der Waals surface area contributed by atoms with Crippen molar-refractivity contribution in [3.63, 3.8) is 0 Å². The first kappa shape index (κ1) is 20.5. The van der Waals surface area contributed by atoms with Gasteiger partial charge < -0.3 is 5.11 Å². The number of nitro benzene ring substituents is 1. The lowest BCUT2D eigenvalue weighted by Crippen LogP contribution is -2.29. The van der Waals surface area contributed by atoms with E-state index in [1.165, 1.54) is 29.2 Å². The van der Waals surface area contributed by atoms with E-state index in [0.29, 0.717) is 11.3 Å². The van der Waals surface area contributed by atoms with Crippen molar-refractivity contribution in [2.24, 2.45) is 0 Å². The number of aliphatic hydroxyl groups is 1. The summed E-state index contributed by atoms with van der Waals surface area (Å²) < 4.78 is 0.720. The van der Waals surface area contributed by atoms with Gasteiger partial charge in [-0.2, -0.15) is 0 Å². The van der Waals surface area contributed by atoms with Crippen LogP contribution >= 0.6 is 15.9 Å². The molecule has 31 heavy (non-hydrogen) atoms. The van der Waals surface area contributed by atoms with Gasteiger partial charge in [-0.15, -0.1) is 0 Å². The molecule has 1 saturated heterocycles. The van der Waals surface area contributed by atoms with E-state index in [2.05, 4.69) is 15.9 Å². The third kappa shape index (κ3) is 3.73. The third-order valence-electron chi connectivity index (χ3n) is 4.98. The molecule has 1 unspecified atom stereocenters. The zero-order chi connectivity index (χ0) is 22.1. The van der Waals surface area contributed by atoms with Crippen LogP contribution in [0, 0.1) is 10.1 Å². The molecule has 7 nitrogen and oxygen atoms in total. The smallest absolute Gasteiger partial charge is 0.300 e. The zero-order valence-electron chi connectivity index (χ0n) is 15.9. The van der Waals surface area contributed by atoms with Crippen molar-refractivity contribution < 1.29 is 19.6 Å². The lowest BCUT2D eigenvalue weighted by molar-refractivity contribution is -0.384. The van der Waals surface area contributed by atoms with Gasteiger partial charge in [-0.05, 0) is 23.8 Å². The molecule has 0 spiro atoms. The van der Waals surface area contributed by atoms with Gasteiger partial charge in [-0.1, -0.05) is 64.5 Å². The van der Waals surface area contributed by atoms with Crippen LogP contribution in [0.5, 0.6) is 0 Å². The number of amides is 1. The maximum absolute atomic E-state index is 13.0. The first-order valence-electron chi connectivity index (χ1n) is 9.25. The van der Waals surface area contributed by atoms with E-state index < -0.39 is 28.4 Å². The molecule has 1 heterocycles. The summed E-state index contributed by atoms with van der Waals surface area (Å²) in [6, 6.07) is 20.2. The van der Waals surface area contributed by atoms with Crippen molar-refractivity contribution in [1.29, 1.82) is 0 Å². The number of benzene rings is 3. The van der Waals surface area contributed by atoms with Crippen molar-refractivity contribution in [2.45, 2.75) is 6.04 Å². The number of rotatable bonds is 4. The number of Topliss-reactive ketones (excluding diaryl/α,β-unsaturated/α-hetero) is 1. The fourth-order valence-corrected chi connectivity index (χ4v) is 3.98. The van der Waals surface area contributed by atoms with Crippen LogP contribution < -0.4 is 4.90 Å². The summed E-state index contributed by atoms with van der Waals surface area (Å²) in [5, 5.41) is 22.2. The summed E-state index contributed by atoms with van der Waals surface area (Å²) in [5.74, 6) is -2.12. The van der Waals surface area contributed by atoms with Crippen molar-refractivity contribution in [3.05, 3.63) is 110 Å². The maximum atomic E-state index is 13.0. The van der Waals surface area contributed by atoms with Gasteiger partial charge in [0.05, 0.1) is 16.5 Å². The molecule has 1 N–H and O–H groups in total. The minimum atomic E-state index is -0.894. The second kappa shape index (κ2) is 8.16. The Kier molecular flexibility index (Phi) is 5.39. The quantitative estimate of drug-likeness (QED) is 0.187. The number of anilines is 1. The maximum Gasteiger partial charge on any atom is 0.300 e. The lowest BCUT2D eigenvalue weighted by atomic mass is 9.95. The number of hydrogen-bond donors (Lipinski definition) is 1. The highest BCUT2D eigenvalue weighted by molar-refractivity contribution is 9.10. The highest BCUT2D eigenvalue weighted by Gasteiger charge is 2.47. The van der Waals surface area contributed by atoms with Crippen molar-refractivity contribution in [1.82, 2.24) is 0 Å². The fraction of sp³-hybridized carbons (Fsp3) is 0.0435. The lowest BCUT2D eigenvalue weighted by Gasteiger charge is -2.25. The Morgan fingerprint density at radius 2 is 1.68 bits per heavy atom. The van der Waals surface area contributed by atoms with E-state index in [4.69, 9.17) is 0 Å². The fourth-order valence-electron chi connectivity index (χ4n) is 3.60.